The monoisotopic (exact) mass is 212 g/mol. The number of hydrogen-bond donors (Lipinski definition) is 1. The van der Waals surface area contributed by atoms with Gasteiger partial charge in [0.25, 0.3) is 5.56 Å². The summed E-state index contributed by atoms with van der Waals surface area (Å²) in [4.78, 5) is 11.8. The van der Waals surface area contributed by atoms with Gasteiger partial charge in [0.2, 0.25) is 0 Å². The van der Waals surface area contributed by atoms with Crippen molar-refractivity contribution >= 4 is 16.6 Å². The molecule has 2 N–H and O–H groups in total. The summed E-state index contributed by atoms with van der Waals surface area (Å²) in [5, 5.41) is 0.829. The van der Waals surface area contributed by atoms with Crippen LogP contribution in [-0.2, 0) is 7.05 Å². The zero-order valence-corrected chi connectivity index (χ0v) is 9.24. The van der Waals surface area contributed by atoms with Crippen LogP contribution in [0.5, 0.6) is 0 Å². The molecule has 0 aliphatic heterocycles. The van der Waals surface area contributed by atoms with Gasteiger partial charge in [-0.2, -0.15) is 0 Å². The number of aryl methyl sites for hydroxylation is 1. The molecule has 2 aromatic rings. The summed E-state index contributed by atoms with van der Waals surface area (Å²) in [5.41, 5.74) is 8.49. The van der Waals surface area contributed by atoms with E-state index in [2.05, 4.69) is 5.92 Å². The third-order valence-corrected chi connectivity index (χ3v) is 2.84. The molecule has 2 rings (SSSR count). The number of nitrogen functional groups attached to an aromatic ring is 1. The second-order valence-corrected chi connectivity index (χ2v) is 3.78. The van der Waals surface area contributed by atoms with Gasteiger partial charge in [0, 0.05) is 29.2 Å². The molecule has 3 heteroatoms. The minimum atomic E-state index is -0.0709. The first kappa shape index (κ1) is 10.3. The van der Waals surface area contributed by atoms with Crippen molar-refractivity contribution in [1.29, 1.82) is 0 Å². The van der Waals surface area contributed by atoms with E-state index < -0.39 is 0 Å². The maximum Gasteiger partial charge on any atom is 0.255 e. The molecule has 1 heterocycles. The minimum absolute atomic E-state index is 0.0709. The predicted octanol–water partition coefficient (Wildman–Crippen LogP) is 1.41. The molecule has 0 atom stereocenters. The highest BCUT2D eigenvalue weighted by atomic mass is 16.1. The Balaban J connectivity index is 3.04. The number of aromatic nitrogens is 1. The van der Waals surface area contributed by atoms with Crippen LogP contribution >= 0.6 is 0 Å². The van der Waals surface area contributed by atoms with Crippen molar-refractivity contribution in [2.45, 2.75) is 6.92 Å². The highest BCUT2D eigenvalue weighted by Crippen LogP contribution is 2.22. The molecule has 0 bridgehead atoms. The minimum Gasteiger partial charge on any atom is -0.398 e. The van der Waals surface area contributed by atoms with Crippen molar-refractivity contribution in [3.63, 3.8) is 0 Å². The highest BCUT2D eigenvalue weighted by Gasteiger charge is 2.09. The van der Waals surface area contributed by atoms with E-state index in [1.807, 2.05) is 12.1 Å². The molecule has 0 fully saturated rings. The van der Waals surface area contributed by atoms with Gasteiger partial charge in [-0.25, -0.2) is 0 Å². The fraction of sp³-hybridized carbons (Fsp3) is 0.154. The van der Waals surface area contributed by atoms with E-state index in [0.29, 0.717) is 11.3 Å². The van der Waals surface area contributed by atoms with Crippen molar-refractivity contribution in [1.82, 2.24) is 4.57 Å². The third kappa shape index (κ3) is 1.28. The van der Waals surface area contributed by atoms with Crippen LogP contribution in [0.25, 0.3) is 10.9 Å². The number of benzene rings is 1. The first-order valence-electron chi connectivity index (χ1n) is 4.91. The molecule has 0 aliphatic carbocycles. The zero-order valence-electron chi connectivity index (χ0n) is 9.24. The van der Waals surface area contributed by atoms with E-state index >= 15 is 0 Å². The van der Waals surface area contributed by atoms with Crippen LogP contribution in [-0.4, -0.2) is 4.57 Å². The van der Waals surface area contributed by atoms with Crippen LogP contribution < -0.4 is 11.3 Å². The number of terminal acetylenes is 1. The molecule has 0 aliphatic rings. The van der Waals surface area contributed by atoms with E-state index in [1.165, 1.54) is 0 Å². The Labute approximate surface area is 93.5 Å². The van der Waals surface area contributed by atoms with Crippen LogP contribution in [0.3, 0.4) is 0 Å². The van der Waals surface area contributed by atoms with Gasteiger partial charge in [0.1, 0.15) is 0 Å². The largest absolute Gasteiger partial charge is 0.398 e. The van der Waals surface area contributed by atoms with Crippen LogP contribution in [0.4, 0.5) is 5.69 Å². The number of nitrogens with zero attached hydrogens (tertiary/aromatic N) is 1. The second kappa shape index (κ2) is 3.42. The molecule has 1 aromatic carbocycles. The Morgan fingerprint density at radius 3 is 2.75 bits per heavy atom. The zero-order chi connectivity index (χ0) is 11.9. The summed E-state index contributed by atoms with van der Waals surface area (Å²) >= 11 is 0. The van der Waals surface area contributed by atoms with E-state index in [-0.39, 0.29) is 5.56 Å². The quantitative estimate of drug-likeness (QED) is 0.671. The summed E-state index contributed by atoms with van der Waals surface area (Å²) in [7, 11) is 1.73. The highest BCUT2D eigenvalue weighted by molar-refractivity contribution is 5.92. The van der Waals surface area contributed by atoms with Gasteiger partial charge in [0.15, 0.2) is 0 Å². The Kier molecular flexibility index (Phi) is 2.21. The lowest BCUT2D eigenvalue weighted by atomic mass is 10.1. The smallest absolute Gasteiger partial charge is 0.255 e. The van der Waals surface area contributed by atoms with Crippen molar-refractivity contribution in [2.75, 3.05) is 5.73 Å². The summed E-state index contributed by atoms with van der Waals surface area (Å²) in [6.07, 6.45) is 5.34. The van der Waals surface area contributed by atoms with Crippen molar-refractivity contribution < 1.29 is 0 Å². The molecule has 80 valence electrons. The molecule has 3 nitrogen and oxygen atoms in total. The molecular weight excluding hydrogens is 200 g/mol. The fourth-order valence-electron chi connectivity index (χ4n) is 1.81. The summed E-state index contributed by atoms with van der Waals surface area (Å²) < 4.78 is 1.58. The van der Waals surface area contributed by atoms with Crippen molar-refractivity contribution in [3.05, 3.63) is 39.7 Å². The third-order valence-electron chi connectivity index (χ3n) is 2.84. The van der Waals surface area contributed by atoms with Gasteiger partial charge in [-0.05, 0) is 25.1 Å². The topological polar surface area (TPSA) is 48.0 Å². The maximum absolute atomic E-state index is 11.8. The van der Waals surface area contributed by atoms with Crippen LogP contribution in [0.1, 0.15) is 11.1 Å². The average Bonchev–Trinajstić information content (AvgIpc) is 2.33. The summed E-state index contributed by atoms with van der Waals surface area (Å²) in [6.45, 7) is 1.72. The van der Waals surface area contributed by atoms with Gasteiger partial charge in [-0.1, -0.05) is 5.92 Å². The lowest BCUT2D eigenvalue weighted by molar-refractivity contribution is 0.895. The van der Waals surface area contributed by atoms with Gasteiger partial charge in [-0.3, -0.25) is 4.79 Å². The Bertz CT molecular complexity index is 675. The average molecular weight is 212 g/mol. The number of pyridine rings is 1. The van der Waals surface area contributed by atoms with Crippen LogP contribution in [0.15, 0.2) is 23.0 Å². The Morgan fingerprint density at radius 1 is 1.44 bits per heavy atom. The number of rotatable bonds is 0. The van der Waals surface area contributed by atoms with E-state index in [0.717, 1.165) is 16.5 Å². The molecule has 0 saturated carbocycles. The normalized spacial score (nSPS) is 10.3. The van der Waals surface area contributed by atoms with Gasteiger partial charge >= 0.3 is 0 Å². The fourth-order valence-corrected chi connectivity index (χ4v) is 1.81. The molecule has 0 unspecified atom stereocenters. The number of fused-ring (bicyclic) bond motifs is 1. The Hall–Kier alpha value is -2.21. The lowest BCUT2D eigenvalue weighted by Crippen LogP contribution is -2.21. The molecule has 0 saturated heterocycles. The molecule has 0 amide bonds. The number of hydrogen-bond acceptors (Lipinski definition) is 2. The van der Waals surface area contributed by atoms with Crippen molar-refractivity contribution in [2.24, 2.45) is 7.05 Å². The standard InChI is InChI=1S/C13H12N2O/c1-4-9-5-6-11-10(7-9)12(14)8(2)13(16)15(11)3/h1,5-7H,14H2,2-3H3. The molecular formula is C13H12N2O. The maximum atomic E-state index is 11.8. The van der Waals surface area contributed by atoms with Crippen LogP contribution in [0.2, 0.25) is 0 Å². The second-order valence-electron chi connectivity index (χ2n) is 3.78. The van der Waals surface area contributed by atoms with Gasteiger partial charge in [-0.15, -0.1) is 6.42 Å². The Morgan fingerprint density at radius 2 is 2.12 bits per heavy atom. The molecule has 16 heavy (non-hydrogen) atoms. The molecule has 0 spiro atoms. The van der Waals surface area contributed by atoms with E-state index in [4.69, 9.17) is 12.2 Å². The van der Waals surface area contributed by atoms with Gasteiger partial charge in [0.05, 0.1) is 5.52 Å². The summed E-state index contributed by atoms with van der Waals surface area (Å²) in [5.74, 6) is 2.56. The predicted molar refractivity (Wildman–Crippen MR) is 66.3 cm³/mol. The van der Waals surface area contributed by atoms with E-state index in [1.54, 1.807) is 24.6 Å². The first-order valence-corrected chi connectivity index (χ1v) is 4.91. The SMILES string of the molecule is C#Cc1ccc2c(c1)c(N)c(C)c(=O)n2C. The molecule has 0 radical (unpaired) electrons. The lowest BCUT2D eigenvalue weighted by Gasteiger charge is -2.10. The van der Waals surface area contributed by atoms with Gasteiger partial charge < -0.3 is 10.3 Å². The molecule has 1 aromatic heterocycles. The number of nitrogens with two attached hydrogens (primary N) is 1. The van der Waals surface area contributed by atoms with Crippen molar-refractivity contribution in [3.8, 4) is 12.3 Å². The van der Waals surface area contributed by atoms with E-state index in [9.17, 15) is 4.79 Å². The summed E-state index contributed by atoms with van der Waals surface area (Å²) in [6, 6.07) is 5.45. The number of anilines is 1. The first-order chi connectivity index (χ1) is 7.56. The van der Waals surface area contributed by atoms with Crippen LogP contribution in [0, 0.1) is 19.3 Å².